The van der Waals surface area contributed by atoms with Gasteiger partial charge in [0.2, 0.25) is 0 Å². The molecular weight excluding hydrogens is 225 g/mol. The van der Waals surface area contributed by atoms with Crippen LogP contribution in [0, 0.1) is 0 Å². The number of halogens is 1. The standard InChI is InChI=1S/C16H32FN/c1-5-6-7-8-9-11-14(2)18-13-10-12-15(18)16(3,4)17/h14-15H,5-13H2,1-4H3/t14?,15-/m0/s1. The Labute approximate surface area is 113 Å². The van der Waals surface area contributed by atoms with Crippen molar-refractivity contribution in [3.63, 3.8) is 0 Å². The summed E-state index contributed by atoms with van der Waals surface area (Å²) in [5.41, 5.74) is -1.05. The fourth-order valence-electron chi connectivity index (χ4n) is 3.26. The fourth-order valence-corrected chi connectivity index (χ4v) is 3.26. The van der Waals surface area contributed by atoms with Crippen LogP contribution in [-0.2, 0) is 0 Å². The van der Waals surface area contributed by atoms with Crippen LogP contribution in [-0.4, -0.2) is 29.2 Å². The lowest BCUT2D eigenvalue weighted by atomic mass is 9.96. The van der Waals surface area contributed by atoms with Crippen molar-refractivity contribution in [2.24, 2.45) is 0 Å². The number of hydrogen-bond acceptors (Lipinski definition) is 1. The van der Waals surface area contributed by atoms with Gasteiger partial charge in [0, 0.05) is 12.1 Å². The average Bonchev–Trinajstić information content (AvgIpc) is 2.77. The lowest BCUT2D eigenvalue weighted by Crippen LogP contribution is -2.46. The molecule has 1 rings (SSSR count). The van der Waals surface area contributed by atoms with E-state index in [0.29, 0.717) is 6.04 Å². The van der Waals surface area contributed by atoms with Crippen LogP contribution < -0.4 is 0 Å². The SMILES string of the molecule is CCCCCCCC(C)N1CCC[C@H]1C(C)(C)F. The highest BCUT2D eigenvalue weighted by molar-refractivity contribution is 4.93. The number of alkyl halides is 1. The minimum atomic E-state index is -1.05. The molecule has 0 aromatic carbocycles. The Hall–Kier alpha value is -0.110. The van der Waals surface area contributed by atoms with E-state index in [-0.39, 0.29) is 6.04 Å². The average molecular weight is 257 g/mol. The van der Waals surface area contributed by atoms with E-state index in [4.69, 9.17) is 0 Å². The van der Waals surface area contributed by atoms with Gasteiger partial charge in [0.1, 0.15) is 5.67 Å². The van der Waals surface area contributed by atoms with Crippen molar-refractivity contribution in [3.05, 3.63) is 0 Å². The van der Waals surface area contributed by atoms with Gasteiger partial charge in [0.15, 0.2) is 0 Å². The molecule has 108 valence electrons. The maximum atomic E-state index is 14.2. The molecule has 18 heavy (non-hydrogen) atoms. The topological polar surface area (TPSA) is 3.24 Å². The first-order valence-electron chi connectivity index (χ1n) is 7.91. The fraction of sp³-hybridized carbons (Fsp3) is 1.00. The van der Waals surface area contributed by atoms with Crippen LogP contribution in [0.15, 0.2) is 0 Å². The van der Waals surface area contributed by atoms with Crippen LogP contribution in [0.5, 0.6) is 0 Å². The lowest BCUT2D eigenvalue weighted by molar-refractivity contribution is 0.0529. The lowest BCUT2D eigenvalue weighted by Gasteiger charge is -2.36. The van der Waals surface area contributed by atoms with Gasteiger partial charge in [-0.05, 0) is 46.6 Å². The second-order valence-corrected chi connectivity index (χ2v) is 6.51. The maximum absolute atomic E-state index is 14.2. The monoisotopic (exact) mass is 257 g/mol. The Bertz CT molecular complexity index is 222. The molecule has 0 amide bonds. The smallest absolute Gasteiger partial charge is 0.120 e. The summed E-state index contributed by atoms with van der Waals surface area (Å²) in [6.07, 6.45) is 10.1. The van der Waals surface area contributed by atoms with Crippen molar-refractivity contribution in [3.8, 4) is 0 Å². The van der Waals surface area contributed by atoms with Crippen LogP contribution in [0.2, 0.25) is 0 Å². The molecule has 0 aromatic rings. The third kappa shape index (κ3) is 4.87. The van der Waals surface area contributed by atoms with Crippen LogP contribution >= 0.6 is 0 Å². The predicted molar refractivity (Wildman–Crippen MR) is 77.8 cm³/mol. The minimum Gasteiger partial charge on any atom is -0.295 e. The summed E-state index contributed by atoms with van der Waals surface area (Å²) in [4.78, 5) is 2.42. The number of unbranched alkanes of at least 4 members (excludes halogenated alkanes) is 4. The van der Waals surface area contributed by atoms with E-state index < -0.39 is 5.67 Å². The number of hydrogen-bond donors (Lipinski definition) is 0. The molecule has 0 bridgehead atoms. The van der Waals surface area contributed by atoms with E-state index in [1.54, 1.807) is 13.8 Å². The molecule has 0 spiro atoms. The highest BCUT2D eigenvalue weighted by Crippen LogP contribution is 2.32. The Balaban J connectivity index is 2.30. The zero-order chi connectivity index (χ0) is 13.6. The number of likely N-dealkylation sites (tertiary alicyclic amines) is 1. The Morgan fingerprint density at radius 2 is 1.89 bits per heavy atom. The van der Waals surface area contributed by atoms with Gasteiger partial charge in [-0.1, -0.05) is 39.0 Å². The van der Waals surface area contributed by atoms with Crippen LogP contribution in [0.1, 0.15) is 79.1 Å². The molecule has 0 aliphatic carbocycles. The molecular formula is C16H32FN. The van der Waals surface area contributed by atoms with Crippen molar-refractivity contribution < 1.29 is 4.39 Å². The normalized spacial score (nSPS) is 23.5. The van der Waals surface area contributed by atoms with Crippen molar-refractivity contribution in [2.45, 2.75) is 96.8 Å². The molecule has 0 radical (unpaired) electrons. The second-order valence-electron chi connectivity index (χ2n) is 6.51. The van der Waals surface area contributed by atoms with E-state index in [2.05, 4.69) is 18.7 Å². The molecule has 2 heteroatoms. The highest BCUT2D eigenvalue weighted by atomic mass is 19.1. The zero-order valence-electron chi connectivity index (χ0n) is 12.8. The molecule has 2 atom stereocenters. The van der Waals surface area contributed by atoms with Gasteiger partial charge >= 0.3 is 0 Å². The number of nitrogens with zero attached hydrogens (tertiary/aromatic N) is 1. The van der Waals surface area contributed by atoms with Gasteiger partial charge in [-0.2, -0.15) is 0 Å². The van der Waals surface area contributed by atoms with Gasteiger partial charge in [-0.3, -0.25) is 4.90 Å². The van der Waals surface area contributed by atoms with Gasteiger partial charge in [-0.25, -0.2) is 4.39 Å². The Kier molecular flexibility index (Phi) is 6.62. The molecule has 1 heterocycles. The predicted octanol–water partition coefficient (Wildman–Crippen LogP) is 4.95. The van der Waals surface area contributed by atoms with Gasteiger partial charge in [-0.15, -0.1) is 0 Å². The molecule has 1 fully saturated rings. The second kappa shape index (κ2) is 7.47. The highest BCUT2D eigenvalue weighted by Gasteiger charge is 2.39. The van der Waals surface area contributed by atoms with Crippen molar-refractivity contribution >= 4 is 0 Å². The van der Waals surface area contributed by atoms with Crippen LogP contribution in [0.3, 0.4) is 0 Å². The summed E-state index contributed by atoms with van der Waals surface area (Å²) in [5, 5.41) is 0. The van der Waals surface area contributed by atoms with E-state index in [1.807, 2.05) is 0 Å². The summed E-state index contributed by atoms with van der Waals surface area (Å²) >= 11 is 0. The minimum absolute atomic E-state index is 0.142. The summed E-state index contributed by atoms with van der Waals surface area (Å²) in [6, 6.07) is 0.692. The summed E-state index contributed by atoms with van der Waals surface area (Å²) in [6.45, 7) is 9.10. The molecule has 1 nitrogen and oxygen atoms in total. The molecule has 0 N–H and O–H groups in total. The van der Waals surface area contributed by atoms with Crippen molar-refractivity contribution in [1.29, 1.82) is 0 Å². The molecule has 1 aliphatic rings. The largest absolute Gasteiger partial charge is 0.295 e. The molecule has 1 saturated heterocycles. The van der Waals surface area contributed by atoms with Crippen LogP contribution in [0.25, 0.3) is 0 Å². The van der Waals surface area contributed by atoms with E-state index in [9.17, 15) is 4.39 Å². The quantitative estimate of drug-likeness (QED) is 0.556. The molecule has 0 saturated carbocycles. The van der Waals surface area contributed by atoms with E-state index in [0.717, 1.165) is 19.4 Å². The molecule has 1 unspecified atom stereocenters. The van der Waals surface area contributed by atoms with Gasteiger partial charge in [0.25, 0.3) is 0 Å². The van der Waals surface area contributed by atoms with Crippen LogP contribution in [0.4, 0.5) is 4.39 Å². The summed E-state index contributed by atoms with van der Waals surface area (Å²) < 4.78 is 14.2. The first-order valence-corrected chi connectivity index (χ1v) is 7.91. The van der Waals surface area contributed by atoms with Gasteiger partial charge < -0.3 is 0 Å². The molecule has 1 aliphatic heterocycles. The third-order valence-electron chi connectivity index (χ3n) is 4.38. The first kappa shape index (κ1) is 15.9. The Morgan fingerprint density at radius 3 is 2.50 bits per heavy atom. The number of rotatable bonds is 8. The first-order chi connectivity index (χ1) is 8.46. The van der Waals surface area contributed by atoms with Crippen molar-refractivity contribution in [2.75, 3.05) is 6.54 Å². The summed E-state index contributed by atoms with van der Waals surface area (Å²) in [5.74, 6) is 0. The third-order valence-corrected chi connectivity index (χ3v) is 4.38. The zero-order valence-corrected chi connectivity index (χ0v) is 12.8. The molecule has 0 aromatic heterocycles. The van der Waals surface area contributed by atoms with E-state index >= 15 is 0 Å². The van der Waals surface area contributed by atoms with Gasteiger partial charge in [0.05, 0.1) is 0 Å². The van der Waals surface area contributed by atoms with E-state index in [1.165, 1.54) is 38.5 Å². The summed E-state index contributed by atoms with van der Waals surface area (Å²) in [7, 11) is 0. The Morgan fingerprint density at radius 1 is 1.22 bits per heavy atom. The maximum Gasteiger partial charge on any atom is 0.120 e. The van der Waals surface area contributed by atoms with Crippen molar-refractivity contribution in [1.82, 2.24) is 4.90 Å².